The molecule has 27 heavy (non-hydrogen) atoms. The fourth-order valence-electron chi connectivity index (χ4n) is 4.52. The molecule has 0 unspecified atom stereocenters. The number of aromatic nitrogens is 1. The number of fused-ring (bicyclic) bond motifs is 3. The highest BCUT2D eigenvalue weighted by molar-refractivity contribution is 5.85. The SMILES string of the molecule is c1ccc2c(c1)CN(c1cc3ccccc3[nH]1)[C]2N1CCc2ccccc21. The van der Waals surface area contributed by atoms with Crippen LogP contribution >= 0.6 is 0 Å². The average molecular weight is 350 g/mol. The lowest BCUT2D eigenvalue weighted by Gasteiger charge is -2.34. The van der Waals surface area contributed by atoms with E-state index < -0.39 is 0 Å². The van der Waals surface area contributed by atoms with E-state index in [1.54, 1.807) is 0 Å². The average Bonchev–Trinajstić information content (AvgIpc) is 3.41. The van der Waals surface area contributed by atoms with Gasteiger partial charge < -0.3 is 14.8 Å². The predicted octanol–water partition coefficient (Wildman–Crippen LogP) is 5.09. The van der Waals surface area contributed by atoms with Crippen LogP contribution in [0.2, 0.25) is 0 Å². The molecule has 0 amide bonds. The van der Waals surface area contributed by atoms with Crippen LogP contribution in [0.1, 0.15) is 16.7 Å². The molecule has 131 valence electrons. The monoisotopic (exact) mass is 350 g/mol. The third-order valence-corrected chi connectivity index (χ3v) is 5.79. The van der Waals surface area contributed by atoms with Crippen LogP contribution in [0.15, 0.2) is 78.9 Å². The van der Waals surface area contributed by atoms with E-state index in [-0.39, 0.29) is 0 Å². The highest BCUT2D eigenvalue weighted by Crippen LogP contribution is 2.43. The van der Waals surface area contributed by atoms with Crippen LogP contribution in [0.5, 0.6) is 0 Å². The summed E-state index contributed by atoms with van der Waals surface area (Å²) in [7, 11) is 0. The van der Waals surface area contributed by atoms with Gasteiger partial charge in [0.25, 0.3) is 0 Å². The lowest BCUT2D eigenvalue weighted by atomic mass is 10.1. The summed E-state index contributed by atoms with van der Waals surface area (Å²) in [4.78, 5) is 8.56. The molecule has 3 heteroatoms. The summed E-state index contributed by atoms with van der Waals surface area (Å²) in [5, 5.41) is 1.25. The largest absolute Gasteiger partial charge is 0.341 e. The van der Waals surface area contributed by atoms with Gasteiger partial charge in [-0.25, -0.2) is 0 Å². The first-order valence-electron chi connectivity index (χ1n) is 9.54. The Morgan fingerprint density at radius 2 is 1.52 bits per heavy atom. The van der Waals surface area contributed by atoms with Crippen LogP contribution in [0.3, 0.4) is 0 Å². The maximum atomic E-state index is 3.63. The van der Waals surface area contributed by atoms with Crippen molar-refractivity contribution < 1.29 is 0 Å². The van der Waals surface area contributed by atoms with Crippen molar-refractivity contribution >= 4 is 22.4 Å². The van der Waals surface area contributed by atoms with Gasteiger partial charge in [0, 0.05) is 35.2 Å². The van der Waals surface area contributed by atoms with Gasteiger partial charge in [-0.05, 0) is 35.7 Å². The van der Waals surface area contributed by atoms with Crippen LogP contribution in [0.25, 0.3) is 10.9 Å². The Morgan fingerprint density at radius 3 is 2.44 bits per heavy atom. The third-order valence-electron chi connectivity index (χ3n) is 5.79. The molecule has 0 bridgehead atoms. The fraction of sp³-hybridized carbons (Fsp3) is 0.125. The molecule has 2 aliphatic rings. The number of nitrogens with one attached hydrogen (secondary N) is 1. The van der Waals surface area contributed by atoms with E-state index in [9.17, 15) is 0 Å². The molecule has 6 rings (SSSR count). The van der Waals surface area contributed by atoms with Gasteiger partial charge in [-0.2, -0.15) is 0 Å². The van der Waals surface area contributed by atoms with Gasteiger partial charge in [-0.15, -0.1) is 0 Å². The Hall–Kier alpha value is -3.20. The third kappa shape index (κ3) is 2.21. The van der Waals surface area contributed by atoms with Crippen LogP contribution in [-0.2, 0) is 13.0 Å². The Morgan fingerprint density at radius 1 is 0.741 bits per heavy atom. The van der Waals surface area contributed by atoms with Crippen molar-refractivity contribution in [2.45, 2.75) is 13.0 Å². The van der Waals surface area contributed by atoms with E-state index in [2.05, 4.69) is 93.6 Å². The zero-order valence-electron chi connectivity index (χ0n) is 15.0. The first kappa shape index (κ1) is 14.9. The molecular weight excluding hydrogens is 330 g/mol. The zero-order valence-corrected chi connectivity index (χ0v) is 15.0. The molecule has 0 spiro atoms. The smallest absolute Gasteiger partial charge is 0.189 e. The second-order valence-electron chi connectivity index (χ2n) is 7.34. The topological polar surface area (TPSA) is 22.3 Å². The number of anilines is 2. The molecule has 1 N–H and O–H groups in total. The van der Waals surface area contributed by atoms with Gasteiger partial charge in [-0.1, -0.05) is 60.7 Å². The summed E-state index contributed by atoms with van der Waals surface area (Å²) in [5.41, 5.74) is 6.68. The van der Waals surface area contributed by atoms with Gasteiger partial charge in [0.15, 0.2) is 6.17 Å². The summed E-state index contributed by atoms with van der Waals surface area (Å²) in [6, 6.07) is 28.4. The second kappa shape index (κ2) is 5.65. The Labute approximate surface area is 158 Å². The van der Waals surface area contributed by atoms with Crippen molar-refractivity contribution in [1.82, 2.24) is 4.98 Å². The van der Waals surface area contributed by atoms with Crippen LogP contribution in [-0.4, -0.2) is 11.5 Å². The first-order valence-corrected chi connectivity index (χ1v) is 9.54. The number of H-pyrrole nitrogens is 1. The van der Waals surface area contributed by atoms with Gasteiger partial charge in [-0.3, -0.25) is 0 Å². The van der Waals surface area contributed by atoms with Gasteiger partial charge >= 0.3 is 0 Å². The molecule has 0 fully saturated rings. The Balaban J connectivity index is 1.50. The molecule has 0 atom stereocenters. The summed E-state index contributed by atoms with van der Waals surface area (Å²) >= 11 is 0. The maximum absolute atomic E-state index is 3.63. The van der Waals surface area contributed by atoms with Gasteiger partial charge in [0.2, 0.25) is 0 Å². The molecule has 0 saturated heterocycles. The molecule has 4 aromatic rings. The summed E-state index contributed by atoms with van der Waals surface area (Å²) < 4.78 is 0. The van der Waals surface area contributed by atoms with E-state index in [1.807, 2.05) is 0 Å². The normalized spacial score (nSPS) is 16.1. The molecule has 3 nitrogen and oxygen atoms in total. The molecule has 3 aromatic carbocycles. The minimum Gasteiger partial charge on any atom is -0.341 e. The summed E-state index contributed by atoms with van der Waals surface area (Å²) in [6.07, 6.45) is 2.39. The van der Waals surface area contributed by atoms with Gasteiger partial charge in [0.05, 0.1) is 0 Å². The van der Waals surface area contributed by atoms with Crippen LogP contribution in [0.4, 0.5) is 11.5 Å². The standard InChI is InChI=1S/C24H20N3/c1-4-10-20-19(9-1)16-27(23-15-18-8-2-5-11-21(18)25-23)24(20)26-14-13-17-7-3-6-12-22(17)26/h1-12,15,25H,13-14,16H2. The van der Waals surface area contributed by atoms with E-state index in [0.29, 0.717) is 0 Å². The molecule has 1 aromatic heterocycles. The molecule has 0 saturated carbocycles. The number of hydrogen-bond donors (Lipinski definition) is 1. The number of rotatable bonds is 2. The number of aromatic amines is 1. The highest BCUT2D eigenvalue weighted by Gasteiger charge is 2.39. The number of para-hydroxylation sites is 2. The number of hydrogen-bond acceptors (Lipinski definition) is 2. The highest BCUT2D eigenvalue weighted by atomic mass is 15.4. The first-order chi connectivity index (χ1) is 13.4. The van der Waals surface area contributed by atoms with E-state index in [4.69, 9.17) is 0 Å². The van der Waals surface area contributed by atoms with Crippen LogP contribution < -0.4 is 9.80 Å². The van der Waals surface area contributed by atoms with Crippen molar-refractivity contribution in [1.29, 1.82) is 0 Å². The predicted molar refractivity (Wildman–Crippen MR) is 111 cm³/mol. The van der Waals surface area contributed by atoms with Crippen molar-refractivity contribution in [2.75, 3.05) is 16.3 Å². The van der Waals surface area contributed by atoms with Crippen molar-refractivity contribution in [2.24, 2.45) is 0 Å². The van der Waals surface area contributed by atoms with E-state index >= 15 is 0 Å². The number of benzene rings is 3. The fourth-order valence-corrected chi connectivity index (χ4v) is 4.52. The maximum Gasteiger partial charge on any atom is 0.189 e. The molecule has 1 radical (unpaired) electrons. The van der Waals surface area contributed by atoms with Crippen LogP contribution in [0, 0.1) is 6.17 Å². The minimum atomic E-state index is 0.900. The lowest BCUT2D eigenvalue weighted by molar-refractivity contribution is 0.787. The Kier molecular flexibility index (Phi) is 3.12. The second-order valence-corrected chi connectivity index (χ2v) is 7.34. The summed E-state index contributed by atoms with van der Waals surface area (Å²) in [6.45, 7) is 1.93. The molecule has 2 aliphatic heterocycles. The van der Waals surface area contributed by atoms with Crippen molar-refractivity contribution in [3.8, 4) is 0 Å². The minimum absolute atomic E-state index is 0.900. The molecular formula is C24H20N3. The quantitative estimate of drug-likeness (QED) is 0.544. The van der Waals surface area contributed by atoms with E-state index in [1.165, 1.54) is 39.4 Å². The summed E-state index contributed by atoms with van der Waals surface area (Å²) in [5.74, 6) is 1.16. The molecule has 0 aliphatic carbocycles. The van der Waals surface area contributed by atoms with Gasteiger partial charge in [0.1, 0.15) is 5.82 Å². The molecule has 3 heterocycles. The number of nitrogens with zero attached hydrogens (tertiary/aromatic N) is 2. The lowest BCUT2D eigenvalue weighted by Crippen LogP contribution is -2.37. The van der Waals surface area contributed by atoms with Crippen molar-refractivity contribution in [3.63, 3.8) is 0 Å². The zero-order chi connectivity index (χ0) is 17.8. The van der Waals surface area contributed by atoms with E-state index in [0.717, 1.165) is 25.3 Å². The van der Waals surface area contributed by atoms with Crippen molar-refractivity contribution in [3.05, 3.63) is 102 Å². The Bertz CT molecular complexity index is 1110.